The summed E-state index contributed by atoms with van der Waals surface area (Å²) in [5, 5.41) is 0. The van der Waals surface area contributed by atoms with E-state index in [0.29, 0.717) is 0 Å². The maximum atomic E-state index is 6.12. The first-order valence-electron chi connectivity index (χ1n) is 7.17. The second-order valence-corrected chi connectivity index (χ2v) is 16.7. The number of allylic oxidation sites excluding steroid dienone is 1. The molecule has 108 valence electrons. The van der Waals surface area contributed by atoms with Gasteiger partial charge in [-0.1, -0.05) is 0 Å². The van der Waals surface area contributed by atoms with E-state index in [2.05, 4.69) is 40.5 Å². The molecule has 0 atom stereocenters. The van der Waals surface area contributed by atoms with E-state index in [0.717, 1.165) is 33.8 Å². The molecule has 0 N–H and O–H groups in total. The Hall–Kier alpha value is -1.75. The molecule has 3 nitrogen and oxygen atoms in total. The van der Waals surface area contributed by atoms with Gasteiger partial charge in [-0.05, 0) is 0 Å². The van der Waals surface area contributed by atoms with Gasteiger partial charge in [-0.25, -0.2) is 0 Å². The Morgan fingerprint density at radius 3 is 2.62 bits per heavy atom. The van der Waals surface area contributed by atoms with E-state index >= 15 is 0 Å². The molecular weight excluding hydrogens is 321 g/mol. The average molecular weight is 341 g/mol. The molecule has 0 radical (unpaired) electrons. The van der Waals surface area contributed by atoms with Crippen molar-refractivity contribution in [2.75, 3.05) is 0 Å². The number of rotatable bonds is 4. The molecule has 4 heteroatoms. The molecule has 0 aliphatic rings. The van der Waals surface area contributed by atoms with E-state index in [1.807, 2.05) is 30.3 Å². The molecule has 0 aliphatic carbocycles. The third-order valence-electron chi connectivity index (χ3n) is 3.53. The third kappa shape index (κ3) is 2.58. The molecule has 0 spiro atoms. The van der Waals surface area contributed by atoms with Crippen molar-refractivity contribution in [1.82, 2.24) is 9.55 Å². The first-order valence-corrected chi connectivity index (χ1v) is 14.5. The van der Waals surface area contributed by atoms with Crippen LogP contribution >= 0.6 is 0 Å². The fraction of sp³-hybridized carbons (Fsp3) is 0.235. The van der Waals surface area contributed by atoms with Crippen LogP contribution in [-0.2, 0) is 6.54 Å². The van der Waals surface area contributed by atoms with Crippen LogP contribution in [0.15, 0.2) is 53.5 Å². The van der Waals surface area contributed by atoms with Crippen molar-refractivity contribution in [3.63, 3.8) is 0 Å². The zero-order chi connectivity index (χ0) is 15.0. The molecule has 0 bridgehead atoms. The third-order valence-corrected chi connectivity index (χ3v) is 7.20. The van der Waals surface area contributed by atoms with Gasteiger partial charge in [0, 0.05) is 0 Å². The maximum absolute atomic E-state index is 6.12. The van der Waals surface area contributed by atoms with Gasteiger partial charge in [0.25, 0.3) is 0 Å². The van der Waals surface area contributed by atoms with Crippen molar-refractivity contribution in [1.29, 1.82) is 0 Å². The molecule has 0 saturated carbocycles. The number of hydrogen-bond donors (Lipinski definition) is 0. The van der Waals surface area contributed by atoms with Gasteiger partial charge < -0.3 is 0 Å². The minimum atomic E-state index is -1.95. The summed E-state index contributed by atoms with van der Waals surface area (Å²) >= 11 is -1.95. The summed E-state index contributed by atoms with van der Waals surface area (Å²) in [6.07, 6.45) is 1.89. The Labute approximate surface area is 127 Å². The first kappa shape index (κ1) is 14.2. The monoisotopic (exact) mass is 342 g/mol. The fourth-order valence-electron chi connectivity index (χ4n) is 2.44. The van der Waals surface area contributed by atoms with Crippen LogP contribution in [0.25, 0.3) is 22.6 Å². The molecular formula is C17H20GeN2O. The number of aromatic nitrogens is 2. The van der Waals surface area contributed by atoms with Crippen LogP contribution in [0, 0.1) is 0 Å². The van der Waals surface area contributed by atoms with Gasteiger partial charge in [0.2, 0.25) is 0 Å². The molecule has 3 aromatic rings. The normalized spacial score (nSPS) is 12.0. The van der Waals surface area contributed by atoms with Crippen LogP contribution in [0.2, 0.25) is 17.3 Å². The zero-order valence-electron chi connectivity index (χ0n) is 12.8. The summed E-state index contributed by atoms with van der Waals surface area (Å²) in [7, 11) is 0. The predicted molar refractivity (Wildman–Crippen MR) is 90.6 cm³/mol. The molecule has 2 heterocycles. The number of nitrogens with zero attached hydrogens (tertiary/aromatic N) is 2. The number of fused-ring (bicyclic) bond motifs is 1. The summed E-state index contributed by atoms with van der Waals surface area (Å²) in [5.74, 6) is 8.72. The number of para-hydroxylation sites is 2. The Bertz CT molecular complexity index is 793. The molecule has 2 aromatic heterocycles. The Balaban J connectivity index is 2.17. The van der Waals surface area contributed by atoms with Crippen molar-refractivity contribution in [2.45, 2.75) is 23.8 Å². The number of hydrogen-bond acceptors (Lipinski definition) is 2. The van der Waals surface area contributed by atoms with Gasteiger partial charge in [0.05, 0.1) is 0 Å². The minimum absolute atomic E-state index is 0.725. The standard InChI is InChI=1S/C17H20GeN2O/c1-5-12-20-14-9-7-6-8-13(14)19-17(20)15-10-11-16(21-15)18(2,3)4/h5-11H,1,12H2,2-4H3. The summed E-state index contributed by atoms with van der Waals surface area (Å²) < 4.78 is 9.42. The second-order valence-electron chi connectivity index (χ2n) is 6.24. The predicted octanol–water partition coefficient (Wildman–Crippen LogP) is 4.03. The number of furan rings is 1. The zero-order valence-corrected chi connectivity index (χ0v) is 14.9. The molecule has 1 aromatic carbocycles. The SMILES string of the molecule is C=CCn1c(-c2cc[c]([Ge]([CH3])([CH3])[CH3])o2)nc2ccccc21. The quantitative estimate of drug-likeness (QED) is 0.530. The number of imidazole rings is 1. The van der Waals surface area contributed by atoms with Gasteiger partial charge in [0.1, 0.15) is 0 Å². The van der Waals surface area contributed by atoms with Gasteiger partial charge >= 0.3 is 127 Å². The van der Waals surface area contributed by atoms with Gasteiger partial charge in [-0.2, -0.15) is 0 Å². The topological polar surface area (TPSA) is 31.0 Å². The van der Waals surface area contributed by atoms with E-state index in [4.69, 9.17) is 9.40 Å². The van der Waals surface area contributed by atoms with Crippen molar-refractivity contribution in [3.05, 3.63) is 49.1 Å². The summed E-state index contributed by atoms with van der Waals surface area (Å²) in [6, 6.07) is 12.3. The molecule has 0 saturated heterocycles. The van der Waals surface area contributed by atoms with E-state index in [1.165, 1.54) is 0 Å². The van der Waals surface area contributed by atoms with Crippen LogP contribution < -0.4 is 4.59 Å². The van der Waals surface area contributed by atoms with Crippen molar-refractivity contribution in [3.8, 4) is 11.6 Å². The Morgan fingerprint density at radius 2 is 1.95 bits per heavy atom. The van der Waals surface area contributed by atoms with E-state index in [9.17, 15) is 0 Å². The number of benzene rings is 1. The van der Waals surface area contributed by atoms with Crippen molar-refractivity contribution in [2.24, 2.45) is 0 Å². The van der Waals surface area contributed by atoms with Crippen LogP contribution in [0.3, 0.4) is 0 Å². The van der Waals surface area contributed by atoms with Crippen molar-refractivity contribution >= 4 is 28.9 Å². The first-order chi connectivity index (χ1) is 10.0. The molecule has 21 heavy (non-hydrogen) atoms. The molecule has 0 aliphatic heterocycles. The molecule has 0 amide bonds. The summed E-state index contributed by atoms with van der Waals surface area (Å²) in [5.41, 5.74) is 2.10. The average Bonchev–Trinajstić information content (AvgIpc) is 3.03. The summed E-state index contributed by atoms with van der Waals surface area (Å²) in [6.45, 7) is 4.58. The molecule has 0 unspecified atom stereocenters. The second kappa shape index (κ2) is 5.22. The van der Waals surface area contributed by atoms with Gasteiger partial charge in [-0.3, -0.25) is 0 Å². The van der Waals surface area contributed by atoms with E-state index in [1.54, 1.807) is 0 Å². The van der Waals surface area contributed by atoms with Gasteiger partial charge in [-0.15, -0.1) is 0 Å². The van der Waals surface area contributed by atoms with Crippen LogP contribution in [-0.4, -0.2) is 22.8 Å². The van der Waals surface area contributed by atoms with Crippen LogP contribution in [0.4, 0.5) is 0 Å². The Morgan fingerprint density at radius 1 is 1.19 bits per heavy atom. The van der Waals surface area contributed by atoms with Crippen LogP contribution in [0.5, 0.6) is 0 Å². The molecule has 0 fully saturated rings. The van der Waals surface area contributed by atoms with Crippen LogP contribution in [0.1, 0.15) is 0 Å². The fourth-order valence-corrected chi connectivity index (χ4v) is 4.54. The molecule has 3 rings (SSSR count). The van der Waals surface area contributed by atoms with Crippen molar-refractivity contribution < 1.29 is 4.42 Å². The van der Waals surface area contributed by atoms with Gasteiger partial charge in [0.15, 0.2) is 0 Å². The summed E-state index contributed by atoms with van der Waals surface area (Å²) in [4.78, 5) is 4.74. The van der Waals surface area contributed by atoms with E-state index < -0.39 is 13.3 Å². The van der Waals surface area contributed by atoms with E-state index in [-0.39, 0.29) is 0 Å². The Kier molecular flexibility index (Phi) is 3.53.